The Kier molecular flexibility index (Phi) is 3.63. The second kappa shape index (κ2) is 5.01. The highest BCUT2D eigenvalue weighted by Crippen LogP contribution is 2.32. The molecule has 92 valence electrons. The van der Waals surface area contributed by atoms with Crippen LogP contribution in [0.5, 0.6) is 0 Å². The lowest BCUT2D eigenvalue weighted by molar-refractivity contribution is -0.380. The molecule has 0 fully saturated rings. The highest BCUT2D eigenvalue weighted by atomic mass is 32.2. The van der Waals surface area contributed by atoms with Crippen LogP contribution >= 0.6 is 23.1 Å². The van der Waals surface area contributed by atoms with Crippen molar-refractivity contribution in [3.63, 3.8) is 0 Å². The maximum absolute atomic E-state index is 10.6. The van der Waals surface area contributed by atoms with Gasteiger partial charge in [-0.25, -0.2) is 4.98 Å². The summed E-state index contributed by atoms with van der Waals surface area (Å²) >= 11 is 2.64. The van der Waals surface area contributed by atoms with Gasteiger partial charge in [0.1, 0.15) is 6.20 Å². The van der Waals surface area contributed by atoms with Crippen LogP contribution in [-0.2, 0) is 0 Å². The Bertz CT molecular complexity index is 460. The predicted octanol–water partition coefficient (Wildman–Crippen LogP) is 2.37. The van der Waals surface area contributed by atoms with Crippen molar-refractivity contribution in [1.82, 2.24) is 4.98 Å². The van der Waals surface area contributed by atoms with Crippen LogP contribution in [0.4, 0.5) is 10.1 Å². The van der Waals surface area contributed by atoms with Crippen LogP contribution < -0.4 is 4.90 Å². The lowest BCUT2D eigenvalue weighted by Gasteiger charge is -2.15. The monoisotopic (exact) mass is 272 g/mol. The molecule has 0 spiro atoms. The van der Waals surface area contributed by atoms with Crippen molar-refractivity contribution in [3.8, 4) is 0 Å². The van der Waals surface area contributed by atoms with Crippen molar-refractivity contribution in [3.05, 3.63) is 16.3 Å². The molecular formula is C9H12N4O2S2. The summed E-state index contributed by atoms with van der Waals surface area (Å²) in [6, 6.07) is 0.264. The molecular weight excluding hydrogens is 260 g/mol. The summed E-state index contributed by atoms with van der Waals surface area (Å²) in [5.74, 6) is 0. The number of anilines is 1. The lowest BCUT2D eigenvalue weighted by atomic mass is 10.2. The third kappa shape index (κ3) is 2.42. The molecule has 0 aromatic carbocycles. The zero-order chi connectivity index (χ0) is 12.4. The molecule has 0 N–H and O–H groups in total. The second-order valence-corrected chi connectivity index (χ2v) is 5.29. The first-order valence-electron chi connectivity index (χ1n) is 5.15. The fourth-order valence-electron chi connectivity index (χ4n) is 1.56. The van der Waals surface area contributed by atoms with Crippen molar-refractivity contribution in [1.29, 1.82) is 0 Å². The lowest BCUT2D eigenvalue weighted by Crippen LogP contribution is -2.26. The zero-order valence-corrected chi connectivity index (χ0v) is 11.1. The topological polar surface area (TPSA) is 71.6 Å². The van der Waals surface area contributed by atoms with Crippen molar-refractivity contribution in [2.75, 3.05) is 17.7 Å². The van der Waals surface area contributed by atoms with Crippen molar-refractivity contribution in [2.24, 2.45) is 4.99 Å². The smallest absolute Gasteiger partial charge is 0.295 e. The van der Waals surface area contributed by atoms with Gasteiger partial charge >= 0.3 is 5.00 Å². The summed E-state index contributed by atoms with van der Waals surface area (Å²) in [7, 11) is 0. The van der Waals surface area contributed by atoms with Gasteiger partial charge in [-0.05, 0) is 24.0 Å². The van der Waals surface area contributed by atoms with E-state index in [-0.39, 0.29) is 11.0 Å². The van der Waals surface area contributed by atoms with Crippen molar-refractivity contribution in [2.45, 2.75) is 19.4 Å². The average molecular weight is 272 g/mol. The Balaban J connectivity index is 2.22. The van der Waals surface area contributed by atoms with E-state index in [1.165, 1.54) is 6.20 Å². The minimum Gasteiger partial charge on any atom is -0.295 e. The van der Waals surface area contributed by atoms with Crippen LogP contribution in [0.25, 0.3) is 0 Å². The predicted molar refractivity (Wildman–Crippen MR) is 71.1 cm³/mol. The first-order valence-corrected chi connectivity index (χ1v) is 7.19. The molecule has 0 bridgehead atoms. The summed E-state index contributed by atoms with van der Waals surface area (Å²) < 4.78 is 0. The molecule has 1 aliphatic heterocycles. The Morgan fingerprint density at radius 3 is 3.06 bits per heavy atom. The van der Waals surface area contributed by atoms with Gasteiger partial charge in [-0.2, -0.15) is 0 Å². The molecule has 17 heavy (non-hydrogen) atoms. The standard InChI is InChI=1S/C9H12N4O2S2/c1-3-6-5-12(9(11-6)16-2)8-10-4-7(17-8)13(14)15/h4,6H,3,5H2,1-2H3. The average Bonchev–Trinajstić information content (AvgIpc) is 2.94. The Hall–Kier alpha value is -1.15. The number of hydrogen-bond donors (Lipinski definition) is 0. The van der Waals surface area contributed by atoms with Gasteiger partial charge in [-0.1, -0.05) is 18.7 Å². The van der Waals surface area contributed by atoms with Crippen LogP contribution in [-0.4, -0.2) is 33.9 Å². The number of rotatable bonds is 3. The molecule has 1 aromatic heterocycles. The van der Waals surface area contributed by atoms with Crippen LogP contribution in [0.15, 0.2) is 11.2 Å². The number of hydrogen-bond acceptors (Lipinski definition) is 7. The van der Waals surface area contributed by atoms with Crippen molar-refractivity contribution >= 4 is 38.4 Å². The molecule has 0 aliphatic carbocycles. The van der Waals surface area contributed by atoms with Gasteiger partial charge in [-0.15, -0.1) is 0 Å². The highest BCUT2D eigenvalue weighted by molar-refractivity contribution is 8.13. The fraction of sp³-hybridized carbons (Fsp3) is 0.556. The van der Waals surface area contributed by atoms with E-state index in [0.717, 1.165) is 29.5 Å². The normalized spacial score (nSPS) is 19.5. The largest absolute Gasteiger partial charge is 0.345 e. The molecule has 0 saturated carbocycles. The highest BCUT2D eigenvalue weighted by Gasteiger charge is 2.28. The molecule has 2 rings (SSSR count). The summed E-state index contributed by atoms with van der Waals surface area (Å²) in [6.07, 6.45) is 4.22. The molecule has 0 amide bonds. The molecule has 8 heteroatoms. The van der Waals surface area contributed by atoms with Gasteiger partial charge in [0.25, 0.3) is 0 Å². The molecule has 6 nitrogen and oxygen atoms in total. The number of thioether (sulfide) groups is 1. The van der Waals surface area contributed by atoms with E-state index >= 15 is 0 Å². The van der Waals surface area contributed by atoms with Crippen LogP contribution in [0, 0.1) is 10.1 Å². The minimum absolute atomic E-state index is 0.0698. The summed E-state index contributed by atoms with van der Waals surface area (Å²) in [4.78, 5) is 20.8. The van der Waals surface area contributed by atoms with Crippen molar-refractivity contribution < 1.29 is 4.92 Å². The Morgan fingerprint density at radius 1 is 1.76 bits per heavy atom. The summed E-state index contributed by atoms with van der Waals surface area (Å²) in [5.41, 5.74) is 0. The quantitative estimate of drug-likeness (QED) is 0.624. The molecule has 1 aliphatic rings. The van der Waals surface area contributed by atoms with Gasteiger partial charge in [0.15, 0.2) is 10.3 Å². The first-order chi connectivity index (χ1) is 8.15. The van der Waals surface area contributed by atoms with Gasteiger partial charge in [0.2, 0.25) is 0 Å². The van der Waals surface area contributed by atoms with Gasteiger partial charge in [0.05, 0.1) is 11.0 Å². The number of aromatic nitrogens is 1. The van der Waals surface area contributed by atoms with Crippen LogP contribution in [0.3, 0.4) is 0 Å². The van der Waals surface area contributed by atoms with E-state index < -0.39 is 4.92 Å². The Labute approximate surface area is 107 Å². The number of amidine groups is 1. The molecule has 2 heterocycles. The van der Waals surface area contributed by atoms with E-state index in [0.29, 0.717) is 5.13 Å². The molecule has 0 radical (unpaired) electrons. The van der Waals surface area contributed by atoms with E-state index in [1.54, 1.807) is 11.8 Å². The molecule has 0 saturated heterocycles. The van der Waals surface area contributed by atoms with Gasteiger partial charge in [0, 0.05) is 6.54 Å². The van der Waals surface area contributed by atoms with Crippen LogP contribution in [0.1, 0.15) is 13.3 Å². The minimum atomic E-state index is -0.412. The summed E-state index contributed by atoms with van der Waals surface area (Å²) in [6.45, 7) is 2.84. The zero-order valence-electron chi connectivity index (χ0n) is 9.49. The fourth-order valence-corrected chi connectivity index (χ4v) is 3.00. The Morgan fingerprint density at radius 2 is 2.53 bits per heavy atom. The van der Waals surface area contributed by atoms with Crippen LogP contribution in [0.2, 0.25) is 0 Å². The number of aliphatic imine (C=N–C) groups is 1. The van der Waals surface area contributed by atoms with E-state index in [4.69, 9.17) is 0 Å². The molecule has 1 aromatic rings. The second-order valence-electron chi connectivity index (χ2n) is 3.53. The van der Waals surface area contributed by atoms with Gasteiger partial charge in [-0.3, -0.25) is 20.0 Å². The van der Waals surface area contributed by atoms with E-state index in [2.05, 4.69) is 16.9 Å². The first kappa shape index (κ1) is 12.3. The molecule has 1 atom stereocenters. The maximum atomic E-state index is 10.6. The summed E-state index contributed by atoms with van der Waals surface area (Å²) in [5, 5.41) is 12.2. The van der Waals surface area contributed by atoms with E-state index in [9.17, 15) is 10.1 Å². The maximum Gasteiger partial charge on any atom is 0.345 e. The van der Waals surface area contributed by atoms with Gasteiger partial charge < -0.3 is 0 Å². The SMILES string of the molecule is CCC1CN(c2ncc([N+](=O)[O-])s2)C(SC)=N1. The third-order valence-corrected chi connectivity index (χ3v) is 4.13. The number of thiazole rings is 1. The number of nitrogens with zero attached hydrogens (tertiary/aromatic N) is 4. The third-order valence-electron chi connectivity index (χ3n) is 2.46. The number of nitro groups is 1. The van der Waals surface area contributed by atoms with E-state index in [1.807, 2.05) is 11.2 Å². The molecule has 1 unspecified atom stereocenters.